The second-order valence-corrected chi connectivity index (χ2v) is 7.19. The molecule has 0 aliphatic carbocycles. The Labute approximate surface area is 133 Å². The summed E-state index contributed by atoms with van der Waals surface area (Å²) < 4.78 is 28.0. The number of benzene rings is 2. The predicted molar refractivity (Wildman–Crippen MR) is 88.8 cm³/mol. The minimum Gasteiger partial charge on any atom is -0.385 e. The molecule has 0 aliphatic rings. The summed E-state index contributed by atoms with van der Waals surface area (Å²) in [7, 11) is -3.49. The molecule has 112 valence electrons. The summed E-state index contributed by atoms with van der Waals surface area (Å²) in [6.07, 6.45) is 0. The Morgan fingerprint density at radius 3 is 2.19 bits per heavy atom. The molecule has 0 saturated heterocycles. The van der Waals surface area contributed by atoms with Crippen LogP contribution in [0.25, 0.3) is 0 Å². The van der Waals surface area contributed by atoms with Gasteiger partial charge in [0.05, 0.1) is 4.90 Å². The number of halogens is 1. The highest BCUT2D eigenvalue weighted by molar-refractivity contribution is 9.10. The predicted octanol–water partition coefficient (Wildman–Crippen LogP) is 3.36. The van der Waals surface area contributed by atoms with Crippen molar-refractivity contribution in [1.82, 2.24) is 4.72 Å². The molecule has 4 nitrogen and oxygen atoms in total. The number of nitrogens with one attached hydrogen (secondary N) is 2. The largest absolute Gasteiger partial charge is 0.385 e. The summed E-state index contributed by atoms with van der Waals surface area (Å²) in [5.74, 6) is 0. The maximum Gasteiger partial charge on any atom is 0.240 e. The zero-order chi connectivity index (χ0) is 15.3. The van der Waals surface area contributed by atoms with E-state index in [9.17, 15) is 8.42 Å². The van der Waals surface area contributed by atoms with Crippen molar-refractivity contribution in [2.24, 2.45) is 0 Å². The molecule has 0 heterocycles. The molecule has 2 rings (SSSR count). The molecule has 0 amide bonds. The van der Waals surface area contributed by atoms with Crippen LogP contribution in [0, 0.1) is 0 Å². The summed E-state index contributed by atoms with van der Waals surface area (Å²) in [6.45, 7) is 3.06. The zero-order valence-corrected chi connectivity index (χ0v) is 14.0. The van der Waals surface area contributed by atoms with Gasteiger partial charge in [0.15, 0.2) is 0 Å². The van der Waals surface area contributed by atoms with Gasteiger partial charge in [-0.3, -0.25) is 0 Å². The zero-order valence-electron chi connectivity index (χ0n) is 11.6. The van der Waals surface area contributed by atoms with Crippen LogP contribution in [0.3, 0.4) is 0 Å². The van der Waals surface area contributed by atoms with Gasteiger partial charge >= 0.3 is 0 Å². The Bertz CT molecular complexity index is 683. The lowest BCUT2D eigenvalue weighted by Crippen LogP contribution is -2.23. The van der Waals surface area contributed by atoms with Gasteiger partial charge in [-0.15, -0.1) is 0 Å². The monoisotopic (exact) mass is 368 g/mol. The van der Waals surface area contributed by atoms with E-state index in [-0.39, 0.29) is 11.4 Å². The van der Waals surface area contributed by atoms with E-state index in [1.165, 1.54) is 0 Å². The minimum absolute atomic E-state index is 0.265. The van der Waals surface area contributed by atoms with Crippen molar-refractivity contribution in [2.75, 3.05) is 11.9 Å². The van der Waals surface area contributed by atoms with E-state index in [2.05, 4.69) is 26.0 Å². The third kappa shape index (κ3) is 4.56. The fraction of sp³-hybridized carbons (Fsp3) is 0.200. The fourth-order valence-corrected chi connectivity index (χ4v) is 3.10. The van der Waals surface area contributed by atoms with Crippen molar-refractivity contribution in [2.45, 2.75) is 18.4 Å². The molecule has 0 atom stereocenters. The van der Waals surface area contributed by atoms with Crippen LogP contribution in [0.5, 0.6) is 0 Å². The van der Waals surface area contributed by atoms with Gasteiger partial charge in [0.2, 0.25) is 10.0 Å². The van der Waals surface area contributed by atoms with E-state index in [4.69, 9.17) is 0 Å². The number of hydrogen-bond acceptors (Lipinski definition) is 3. The van der Waals surface area contributed by atoms with E-state index >= 15 is 0 Å². The molecule has 0 aliphatic heterocycles. The quantitative estimate of drug-likeness (QED) is 0.821. The van der Waals surface area contributed by atoms with Crippen molar-refractivity contribution >= 4 is 31.6 Å². The molecule has 0 saturated carbocycles. The maximum atomic E-state index is 12.2. The molecule has 6 heteroatoms. The lowest BCUT2D eigenvalue weighted by atomic mass is 10.2. The first-order chi connectivity index (χ1) is 10.0. The van der Waals surface area contributed by atoms with Crippen LogP contribution >= 0.6 is 15.9 Å². The van der Waals surface area contributed by atoms with Crippen LogP contribution in [-0.2, 0) is 16.6 Å². The van der Waals surface area contributed by atoms with Crippen molar-refractivity contribution in [3.8, 4) is 0 Å². The molecule has 2 aromatic carbocycles. The van der Waals surface area contributed by atoms with E-state index < -0.39 is 10.0 Å². The minimum atomic E-state index is -3.49. The van der Waals surface area contributed by atoms with Crippen molar-refractivity contribution in [3.63, 3.8) is 0 Å². The topological polar surface area (TPSA) is 58.2 Å². The molecule has 0 aromatic heterocycles. The molecule has 0 radical (unpaired) electrons. The van der Waals surface area contributed by atoms with Crippen LogP contribution in [0.4, 0.5) is 5.69 Å². The van der Waals surface area contributed by atoms with Gasteiger partial charge in [0.25, 0.3) is 0 Å². The van der Waals surface area contributed by atoms with E-state index in [0.29, 0.717) is 0 Å². The normalized spacial score (nSPS) is 11.3. The molecule has 21 heavy (non-hydrogen) atoms. The first-order valence-corrected chi connectivity index (χ1v) is 8.87. The first-order valence-electron chi connectivity index (χ1n) is 6.59. The lowest BCUT2D eigenvalue weighted by Gasteiger charge is -2.08. The Morgan fingerprint density at radius 1 is 1.00 bits per heavy atom. The van der Waals surface area contributed by atoms with Gasteiger partial charge in [-0.1, -0.05) is 28.1 Å². The average molecular weight is 369 g/mol. The molecular formula is C15H17BrN2O2S. The van der Waals surface area contributed by atoms with E-state index in [0.717, 1.165) is 22.3 Å². The summed E-state index contributed by atoms with van der Waals surface area (Å²) in [5.41, 5.74) is 1.82. The Hall–Kier alpha value is -1.37. The molecule has 2 N–H and O–H groups in total. The van der Waals surface area contributed by atoms with Crippen molar-refractivity contribution in [3.05, 3.63) is 58.6 Å². The third-order valence-corrected chi connectivity index (χ3v) is 4.87. The van der Waals surface area contributed by atoms with Crippen LogP contribution < -0.4 is 10.0 Å². The second-order valence-electron chi connectivity index (χ2n) is 4.51. The average Bonchev–Trinajstić information content (AvgIpc) is 2.48. The lowest BCUT2D eigenvalue weighted by molar-refractivity contribution is 0.581. The maximum absolute atomic E-state index is 12.2. The molecule has 0 fully saturated rings. The number of rotatable bonds is 6. The Balaban J connectivity index is 2.05. The van der Waals surface area contributed by atoms with Gasteiger partial charge in [-0.2, -0.15) is 0 Å². The number of anilines is 1. The van der Waals surface area contributed by atoms with Crippen LogP contribution in [0.2, 0.25) is 0 Å². The second kappa shape index (κ2) is 7.06. The van der Waals surface area contributed by atoms with Crippen molar-refractivity contribution in [1.29, 1.82) is 0 Å². The van der Waals surface area contributed by atoms with E-state index in [1.807, 2.05) is 31.2 Å². The smallest absolute Gasteiger partial charge is 0.240 e. The Morgan fingerprint density at radius 2 is 1.62 bits per heavy atom. The molecular weight excluding hydrogens is 352 g/mol. The molecule has 0 spiro atoms. The highest BCUT2D eigenvalue weighted by Gasteiger charge is 2.13. The molecule has 2 aromatic rings. The standard InChI is InChI=1S/C15H17BrN2O2S/c1-2-17-14-7-9-15(10-8-14)21(19,20)18-11-12-3-5-13(16)6-4-12/h3-10,17-18H,2,11H2,1H3. The summed E-state index contributed by atoms with van der Waals surface area (Å²) in [6, 6.07) is 14.2. The number of sulfonamides is 1. The van der Waals surface area contributed by atoms with Crippen LogP contribution in [0.1, 0.15) is 12.5 Å². The first kappa shape index (κ1) is 16.0. The molecule has 0 bridgehead atoms. The fourth-order valence-electron chi connectivity index (χ4n) is 1.82. The van der Waals surface area contributed by atoms with Crippen LogP contribution in [-0.4, -0.2) is 15.0 Å². The SMILES string of the molecule is CCNc1ccc(S(=O)(=O)NCc2ccc(Br)cc2)cc1. The van der Waals surface area contributed by atoms with Gasteiger partial charge in [-0.05, 0) is 48.9 Å². The van der Waals surface area contributed by atoms with E-state index in [1.54, 1.807) is 24.3 Å². The van der Waals surface area contributed by atoms with Gasteiger partial charge in [-0.25, -0.2) is 13.1 Å². The molecule has 0 unspecified atom stereocenters. The Kier molecular flexibility index (Phi) is 5.39. The number of hydrogen-bond donors (Lipinski definition) is 2. The third-order valence-electron chi connectivity index (χ3n) is 2.93. The van der Waals surface area contributed by atoms with Gasteiger partial charge < -0.3 is 5.32 Å². The highest BCUT2D eigenvalue weighted by Crippen LogP contribution is 2.15. The summed E-state index contributed by atoms with van der Waals surface area (Å²) in [5, 5.41) is 3.13. The van der Waals surface area contributed by atoms with Gasteiger partial charge in [0.1, 0.15) is 0 Å². The summed E-state index contributed by atoms with van der Waals surface area (Å²) in [4.78, 5) is 0.265. The van der Waals surface area contributed by atoms with Crippen LogP contribution in [0.15, 0.2) is 57.9 Å². The van der Waals surface area contributed by atoms with Crippen molar-refractivity contribution < 1.29 is 8.42 Å². The van der Waals surface area contributed by atoms with Gasteiger partial charge in [0, 0.05) is 23.2 Å². The summed E-state index contributed by atoms with van der Waals surface area (Å²) >= 11 is 3.35. The highest BCUT2D eigenvalue weighted by atomic mass is 79.9.